The van der Waals surface area contributed by atoms with Crippen LogP contribution < -0.4 is 19.5 Å². The topological polar surface area (TPSA) is 85.5 Å². The second-order valence-electron chi connectivity index (χ2n) is 5.98. The monoisotopic (exact) mass is 381 g/mol. The Labute approximate surface area is 163 Å². The summed E-state index contributed by atoms with van der Waals surface area (Å²) in [5.41, 5.74) is 2.82. The van der Waals surface area contributed by atoms with E-state index in [1.165, 1.54) is 0 Å². The van der Waals surface area contributed by atoms with E-state index in [2.05, 4.69) is 15.5 Å². The lowest BCUT2D eigenvalue weighted by molar-refractivity contribution is 0.0945. The van der Waals surface area contributed by atoms with Gasteiger partial charge >= 0.3 is 0 Å². The summed E-state index contributed by atoms with van der Waals surface area (Å²) in [7, 11) is 3.18. The Hall–Kier alpha value is -3.48. The first kappa shape index (κ1) is 19.3. The minimum Gasteiger partial charge on any atom is -0.497 e. The van der Waals surface area contributed by atoms with Gasteiger partial charge in [-0.2, -0.15) is 5.10 Å². The highest BCUT2D eigenvalue weighted by atomic mass is 16.5. The third-order valence-electron chi connectivity index (χ3n) is 4.22. The van der Waals surface area contributed by atoms with Crippen LogP contribution in [0.3, 0.4) is 0 Å². The highest BCUT2D eigenvalue weighted by molar-refractivity contribution is 5.93. The number of carbonyl (C=O) groups excluding carboxylic acids is 1. The molecule has 1 amide bonds. The van der Waals surface area contributed by atoms with Crippen molar-refractivity contribution in [3.05, 3.63) is 59.8 Å². The molecular formula is C21H23N3O4. The Kier molecular flexibility index (Phi) is 6.16. The maximum atomic E-state index is 12.5. The number of H-pyrrole nitrogens is 1. The molecule has 0 aliphatic rings. The van der Waals surface area contributed by atoms with E-state index in [1.54, 1.807) is 26.4 Å². The van der Waals surface area contributed by atoms with Gasteiger partial charge in [0.05, 0.1) is 26.5 Å². The van der Waals surface area contributed by atoms with Crippen LogP contribution in [-0.2, 0) is 6.54 Å². The normalized spacial score (nSPS) is 10.4. The summed E-state index contributed by atoms with van der Waals surface area (Å²) < 4.78 is 16.0. The summed E-state index contributed by atoms with van der Waals surface area (Å²) in [5, 5.41) is 9.88. The fourth-order valence-electron chi connectivity index (χ4n) is 2.74. The third kappa shape index (κ3) is 4.43. The number of nitrogens with zero attached hydrogens (tertiary/aromatic N) is 1. The largest absolute Gasteiger partial charge is 0.497 e. The lowest BCUT2D eigenvalue weighted by atomic mass is 10.1. The van der Waals surface area contributed by atoms with Crippen LogP contribution in [0.5, 0.6) is 17.2 Å². The average molecular weight is 381 g/mol. The first-order valence-corrected chi connectivity index (χ1v) is 8.92. The van der Waals surface area contributed by atoms with Crippen LogP contribution in [0.2, 0.25) is 0 Å². The first-order chi connectivity index (χ1) is 13.6. The number of carbonyl (C=O) groups is 1. The van der Waals surface area contributed by atoms with E-state index >= 15 is 0 Å². The molecule has 3 aromatic rings. The highest BCUT2D eigenvalue weighted by Gasteiger charge is 2.12. The second-order valence-corrected chi connectivity index (χ2v) is 5.98. The van der Waals surface area contributed by atoms with Crippen molar-refractivity contribution < 1.29 is 19.0 Å². The summed E-state index contributed by atoms with van der Waals surface area (Å²) in [4.78, 5) is 12.5. The molecule has 2 aromatic carbocycles. The van der Waals surface area contributed by atoms with Crippen LogP contribution in [0.15, 0.2) is 48.5 Å². The molecule has 0 unspecified atom stereocenters. The summed E-state index contributed by atoms with van der Waals surface area (Å²) in [6, 6.07) is 14.8. The van der Waals surface area contributed by atoms with Gasteiger partial charge < -0.3 is 19.5 Å². The zero-order valence-electron chi connectivity index (χ0n) is 16.1. The minimum atomic E-state index is -0.248. The fraction of sp³-hybridized carbons (Fsp3) is 0.238. The van der Waals surface area contributed by atoms with E-state index in [0.717, 1.165) is 16.9 Å². The van der Waals surface area contributed by atoms with E-state index in [0.29, 0.717) is 36.0 Å². The highest BCUT2D eigenvalue weighted by Crippen LogP contribution is 2.25. The molecule has 0 aliphatic carbocycles. The number of amides is 1. The Bertz CT molecular complexity index is 935. The van der Waals surface area contributed by atoms with Gasteiger partial charge in [-0.1, -0.05) is 0 Å². The molecule has 28 heavy (non-hydrogen) atoms. The van der Waals surface area contributed by atoms with Crippen molar-refractivity contribution in [3.8, 4) is 28.5 Å². The maximum Gasteiger partial charge on any atom is 0.269 e. The van der Waals surface area contributed by atoms with Crippen molar-refractivity contribution in [3.63, 3.8) is 0 Å². The minimum absolute atomic E-state index is 0.248. The van der Waals surface area contributed by atoms with Crippen LogP contribution >= 0.6 is 0 Å². The van der Waals surface area contributed by atoms with Crippen LogP contribution in [0, 0.1) is 0 Å². The van der Waals surface area contributed by atoms with Crippen LogP contribution in [-0.4, -0.2) is 36.9 Å². The molecule has 0 spiro atoms. The predicted molar refractivity (Wildman–Crippen MR) is 106 cm³/mol. The average Bonchev–Trinajstić information content (AvgIpc) is 3.23. The Morgan fingerprint density at radius 1 is 1.04 bits per heavy atom. The number of nitrogens with one attached hydrogen (secondary N) is 2. The zero-order valence-corrected chi connectivity index (χ0v) is 16.1. The smallest absolute Gasteiger partial charge is 0.269 e. The molecule has 3 rings (SSSR count). The van der Waals surface area contributed by atoms with Gasteiger partial charge in [-0.15, -0.1) is 0 Å². The summed E-state index contributed by atoms with van der Waals surface area (Å²) in [6.45, 7) is 2.88. The Morgan fingerprint density at radius 3 is 2.46 bits per heavy atom. The van der Waals surface area contributed by atoms with E-state index in [4.69, 9.17) is 14.2 Å². The SMILES string of the molecule is CCOc1ccc(-c2cc(C(=O)NCc3ccc(OC)cc3OC)[nH]n2)cc1. The molecule has 146 valence electrons. The van der Waals surface area contributed by atoms with Gasteiger partial charge in [-0.25, -0.2) is 0 Å². The maximum absolute atomic E-state index is 12.5. The number of rotatable bonds is 8. The summed E-state index contributed by atoms with van der Waals surface area (Å²) in [5.74, 6) is 1.90. The lowest BCUT2D eigenvalue weighted by Crippen LogP contribution is -2.23. The molecule has 0 bridgehead atoms. The van der Waals surface area contributed by atoms with Crippen molar-refractivity contribution in [1.29, 1.82) is 0 Å². The number of hydrogen-bond donors (Lipinski definition) is 2. The van der Waals surface area contributed by atoms with Gasteiger partial charge in [0.15, 0.2) is 0 Å². The molecule has 7 nitrogen and oxygen atoms in total. The van der Waals surface area contributed by atoms with Crippen molar-refractivity contribution in [2.75, 3.05) is 20.8 Å². The molecule has 2 N–H and O–H groups in total. The van der Waals surface area contributed by atoms with Gasteiger partial charge in [-0.05, 0) is 49.4 Å². The van der Waals surface area contributed by atoms with E-state index in [9.17, 15) is 4.79 Å². The van der Waals surface area contributed by atoms with Crippen LogP contribution in [0.1, 0.15) is 23.0 Å². The van der Waals surface area contributed by atoms with E-state index < -0.39 is 0 Å². The molecule has 0 atom stereocenters. The molecule has 0 saturated carbocycles. The van der Waals surface area contributed by atoms with Crippen molar-refractivity contribution in [2.45, 2.75) is 13.5 Å². The number of hydrogen-bond acceptors (Lipinski definition) is 5. The van der Waals surface area contributed by atoms with Gasteiger partial charge in [0.25, 0.3) is 5.91 Å². The molecule has 7 heteroatoms. The standard InChI is InChI=1S/C21H23N3O4/c1-4-28-16-8-5-14(6-9-16)18-12-19(24-23-18)21(25)22-13-15-7-10-17(26-2)11-20(15)27-3/h5-12H,4,13H2,1-3H3,(H,22,25)(H,23,24). The molecule has 0 fully saturated rings. The van der Waals surface area contributed by atoms with Crippen molar-refractivity contribution in [1.82, 2.24) is 15.5 Å². The Balaban J connectivity index is 1.66. The number of benzene rings is 2. The molecular weight excluding hydrogens is 358 g/mol. The van der Waals surface area contributed by atoms with Crippen molar-refractivity contribution >= 4 is 5.91 Å². The van der Waals surface area contributed by atoms with Crippen LogP contribution in [0.4, 0.5) is 0 Å². The van der Waals surface area contributed by atoms with Crippen molar-refractivity contribution in [2.24, 2.45) is 0 Å². The van der Waals surface area contributed by atoms with Gasteiger partial charge in [0, 0.05) is 23.7 Å². The van der Waals surface area contributed by atoms with E-state index in [-0.39, 0.29) is 5.91 Å². The summed E-state index contributed by atoms with van der Waals surface area (Å²) >= 11 is 0. The zero-order chi connectivity index (χ0) is 19.9. The van der Waals surface area contributed by atoms with Gasteiger partial charge in [0.1, 0.15) is 22.9 Å². The van der Waals surface area contributed by atoms with E-state index in [1.807, 2.05) is 43.3 Å². The predicted octanol–water partition coefficient (Wildman–Crippen LogP) is 3.42. The van der Waals surface area contributed by atoms with Gasteiger partial charge in [-0.3, -0.25) is 9.89 Å². The number of aromatic amines is 1. The molecule has 1 heterocycles. The number of methoxy groups -OCH3 is 2. The fourth-order valence-corrected chi connectivity index (χ4v) is 2.74. The first-order valence-electron chi connectivity index (χ1n) is 8.92. The lowest BCUT2D eigenvalue weighted by Gasteiger charge is -2.10. The molecule has 0 aliphatic heterocycles. The quantitative estimate of drug-likeness (QED) is 0.624. The summed E-state index contributed by atoms with van der Waals surface area (Å²) in [6.07, 6.45) is 0. The number of ether oxygens (including phenoxy) is 3. The number of aromatic nitrogens is 2. The molecule has 1 aromatic heterocycles. The third-order valence-corrected chi connectivity index (χ3v) is 4.22. The Morgan fingerprint density at radius 2 is 1.79 bits per heavy atom. The molecule has 0 saturated heterocycles. The van der Waals surface area contributed by atoms with Gasteiger partial charge in [0.2, 0.25) is 0 Å². The molecule has 0 radical (unpaired) electrons. The van der Waals surface area contributed by atoms with Crippen LogP contribution in [0.25, 0.3) is 11.3 Å². The second kappa shape index (κ2) is 8.94.